The molecular weight excluding hydrogens is 388 g/mol. The Morgan fingerprint density at radius 3 is 2.79 bits per heavy atom. The Bertz CT molecular complexity index is 1020. The Morgan fingerprint density at radius 1 is 1.11 bits per heavy atom. The summed E-state index contributed by atoms with van der Waals surface area (Å²) in [6, 6.07) is 20.2. The van der Waals surface area contributed by atoms with E-state index < -0.39 is 0 Å². The van der Waals surface area contributed by atoms with Gasteiger partial charge in [0.25, 0.3) is 0 Å². The minimum absolute atomic E-state index is 0.00539. The predicted octanol–water partition coefficient (Wildman–Crippen LogP) is 6.21. The van der Waals surface area contributed by atoms with Gasteiger partial charge in [-0.15, -0.1) is 11.3 Å². The number of rotatable bonds is 8. The molecule has 1 amide bonds. The van der Waals surface area contributed by atoms with Gasteiger partial charge in [-0.1, -0.05) is 48.5 Å². The molecule has 0 atom stereocenters. The van der Waals surface area contributed by atoms with Crippen molar-refractivity contribution in [2.45, 2.75) is 18.6 Å². The number of carbonyl (C=O) groups is 1. The second-order valence-corrected chi connectivity index (χ2v) is 8.34. The fraction of sp³-hybridized carbons (Fsp3) is 0.182. The summed E-state index contributed by atoms with van der Waals surface area (Å²) >= 11 is 3.27. The van der Waals surface area contributed by atoms with Crippen LogP contribution in [0.15, 0.2) is 70.5 Å². The lowest BCUT2D eigenvalue weighted by atomic mass is 10.2. The number of nitrogens with one attached hydrogen (secondary N) is 1. The summed E-state index contributed by atoms with van der Waals surface area (Å²) in [5.41, 5.74) is 2.90. The van der Waals surface area contributed by atoms with Gasteiger partial charge in [-0.3, -0.25) is 4.79 Å². The van der Waals surface area contributed by atoms with E-state index in [0.717, 1.165) is 40.3 Å². The van der Waals surface area contributed by atoms with Crippen LogP contribution in [-0.2, 0) is 10.5 Å². The normalized spacial score (nSPS) is 11.0. The van der Waals surface area contributed by atoms with Crippen LogP contribution >= 0.6 is 23.1 Å². The van der Waals surface area contributed by atoms with Crippen LogP contribution in [0.25, 0.3) is 22.4 Å². The molecule has 6 heteroatoms. The smallest absolute Gasteiger partial charge is 0.226 e. The topological polar surface area (TPSA) is 55.1 Å². The number of amides is 1. The van der Waals surface area contributed by atoms with Gasteiger partial charge in [0.15, 0.2) is 10.9 Å². The predicted molar refractivity (Wildman–Crippen MR) is 118 cm³/mol. The van der Waals surface area contributed by atoms with Crippen molar-refractivity contribution in [1.82, 2.24) is 4.98 Å². The molecule has 0 aliphatic carbocycles. The maximum atomic E-state index is 12.2. The third kappa shape index (κ3) is 4.82. The lowest BCUT2D eigenvalue weighted by Gasteiger charge is -2.03. The lowest BCUT2D eigenvalue weighted by molar-refractivity contribution is -0.116. The van der Waals surface area contributed by atoms with Crippen LogP contribution in [-0.4, -0.2) is 16.6 Å². The molecule has 0 saturated heterocycles. The molecule has 142 valence electrons. The minimum atomic E-state index is 0.00539. The Balaban J connectivity index is 1.24. The van der Waals surface area contributed by atoms with E-state index in [9.17, 15) is 4.79 Å². The number of benzene rings is 2. The monoisotopic (exact) mass is 408 g/mol. The quantitative estimate of drug-likeness (QED) is 0.352. The Labute approximate surface area is 172 Å². The zero-order valence-corrected chi connectivity index (χ0v) is 16.9. The molecule has 0 saturated carbocycles. The van der Waals surface area contributed by atoms with Crippen LogP contribution in [0.5, 0.6) is 0 Å². The third-order valence-corrected chi connectivity index (χ3v) is 6.11. The fourth-order valence-electron chi connectivity index (χ4n) is 2.83. The molecule has 0 aliphatic rings. The van der Waals surface area contributed by atoms with Crippen molar-refractivity contribution in [2.75, 3.05) is 11.1 Å². The zero-order valence-electron chi connectivity index (χ0n) is 15.3. The standard InChI is InChI=1S/C22H20N2O2S2/c25-21(11-6-12-27-14-16-7-2-1-3-8-16)24-22-23-18(15-28-22)20-13-17-9-4-5-10-19(17)26-20/h1-5,7-10,13,15H,6,11-12,14H2,(H,23,24,25). The third-order valence-electron chi connectivity index (χ3n) is 4.23. The van der Waals surface area contributed by atoms with Crippen LogP contribution in [0.1, 0.15) is 18.4 Å². The van der Waals surface area contributed by atoms with Gasteiger partial charge in [0, 0.05) is 22.9 Å². The number of furan rings is 1. The molecule has 2 aromatic heterocycles. The number of anilines is 1. The number of hydrogen-bond acceptors (Lipinski definition) is 5. The SMILES string of the molecule is O=C(CCCSCc1ccccc1)Nc1nc(-c2cc3ccccc3o2)cs1. The molecule has 28 heavy (non-hydrogen) atoms. The summed E-state index contributed by atoms with van der Waals surface area (Å²) in [7, 11) is 0. The van der Waals surface area contributed by atoms with Crippen molar-refractivity contribution in [1.29, 1.82) is 0 Å². The van der Waals surface area contributed by atoms with Crippen LogP contribution in [0, 0.1) is 0 Å². The average molecular weight is 409 g/mol. The highest BCUT2D eigenvalue weighted by Gasteiger charge is 2.11. The number of thioether (sulfide) groups is 1. The molecular formula is C22H20N2O2S2. The first-order valence-electron chi connectivity index (χ1n) is 9.14. The highest BCUT2D eigenvalue weighted by Crippen LogP contribution is 2.30. The first-order valence-corrected chi connectivity index (χ1v) is 11.2. The van der Waals surface area contributed by atoms with E-state index in [4.69, 9.17) is 4.42 Å². The van der Waals surface area contributed by atoms with Crippen LogP contribution in [0.3, 0.4) is 0 Å². The second-order valence-electron chi connectivity index (χ2n) is 6.38. The summed E-state index contributed by atoms with van der Waals surface area (Å²) in [6.45, 7) is 0. The molecule has 0 bridgehead atoms. The van der Waals surface area contributed by atoms with Crippen molar-refractivity contribution in [2.24, 2.45) is 0 Å². The summed E-state index contributed by atoms with van der Waals surface area (Å²) < 4.78 is 5.83. The molecule has 4 rings (SSSR count). The van der Waals surface area contributed by atoms with Crippen molar-refractivity contribution in [3.8, 4) is 11.5 Å². The van der Waals surface area contributed by atoms with E-state index in [2.05, 4.69) is 34.6 Å². The van der Waals surface area contributed by atoms with Gasteiger partial charge in [0.05, 0.1) is 0 Å². The minimum Gasteiger partial charge on any atom is -0.454 e. The Morgan fingerprint density at radius 2 is 1.93 bits per heavy atom. The van der Waals surface area contributed by atoms with Gasteiger partial charge in [0.2, 0.25) is 5.91 Å². The molecule has 0 aliphatic heterocycles. The molecule has 0 unspecified atom stereocenters. The highest BCUT2D eigenvalue weighted by molar-refractivity contribution is 7.98. The van der Waals surface area contributed by atoms with Crippen molar-refractivity contribution in [3.63, 3.8) is 0 Å². The van der Waals surface area contributed by atoms with E-state index >= 15 is 0 Å². The lowest BCUT2D eigenvalue weighted by Crippen LogP contribution is -2.11. The Kier molecular flexibility index (Phi) is 6.09. The van der Waals surface area contributed by atoms with Gasteiger partial charge >= 0.3 is 0 Å². The van der Waals surface area contributed by atoms with Crippen LogP contribution in [0.2, 0.25) is 0 Å². The Hall–Kier alpha value is -2.57. The summed E-state index contributed by atoms with van der Waals surface area (Å²) in [5.74, 6) is 2.67. The van der Waals surface area contributed by atoms with Crippen molar-refractivity contribution in [3.05, 3.63) is 71.6 Å². The highest BCUT2D eigenvalue weighted by atomic mass is 32.2. The van der Waals surface area contributed by atoms with Gasteiger partial charge in [0.1, 0.15) is 11.3 Å². The molecule has 0 fully saturated rings. The largest absolute Gasteiger partial charge is 0.454 e. The summed E-state index contributed by atoms with van der Waals surface area (Å²) in [5, 5.41) is 6.45. The number of para-hydroxylation sites is 1. The summed E-state index contributed by atoms with van der Waals surface area (Å²) in [6.07, 6.45) is 1.35. The fourth-order valence-corrected chi connectivity index (χ4v) is 4.47. The van der Waals surface area contributed by atoms with E-state index in [1.807, 2.05) is 53.5 Å². The first-order chi connectivity index (χ1) is 13.8. The van der Waals surface area contributed by atoms with Gasteiger partial charge < -0.3 is 9.73 Å². The van der Waals surface area contributed by atoms with Crippen LogP contribution < -0.4 is 5.32 Å². The molecule has 4 nitrogen and oxygen atoms in total. The summed E-state index contributed by atoms with van der Waals surface area (Å²) in [4.78, 5) is 16.6. The first kappa shape index (κ1) is 18.8. The second kappa shape index (κ2) is 9.08. The van der Waals surface area contributed by atoms with E-state index in [1.54, 1.807) is 0 Å². The van der Waals surface area contributed by atoms with Crippen molar-refractivity contribution < 1.29 is 9.21 Å². The number of nitrogens with zero attached hydrogens (tertiary/aromatic N) is 1. The maximum Gasteiger partial charge on any atom is 0.226 e. The molecule has 1 N–H and O–H groups in total. The van der Waals surface area contributed by atoms with Crippen LogP contribution in [0.4, 0.5) is 5.13 Å². The van der Waals surface area contributed by atoms with E-state index in [1.165, 1.54) is 16.9 Å². The molecule has 0 radical (unpaired) electrons. The molecule has 2 heterocycles. The van der Waals surface area contributed by atoms with E-state index in [-0.39, 0.29) is 5.91 Å². The number of fused-ring (bicyclic) bond motifs is 1. The number of carbonyl (C=O) groups excluding carboxylic acids is 1. The average Bonchev–Trinajstić information content (AvgIpc) is 3.35. The zero-order chi connectivity index (χ0) is 19.2. The van der Waals surface area contributed by atoms with Gasteiger partial charge in [-0.25, -0.2) is 4.98 Å². The maximum absolute atomic E-state index is 12.2. The van der Waals surface area contributed by atoms with Gasteiger partial charge in [-0.05, 0) is 29.9 Å². The van der Waals surface area contributed by atoms with Crippen molar-refractivity contribution >= 4 is 45.1 Å². The number of thiazole rings is 1. The van der Waals surface area contributed by atoms with Gasteiger partial charge in [-0.2, -0.15) is 11.8 Å². The molecule has 4 aromatic rings. The molecule has 2 aromatic carbocycles. The van der Waals surface area contributed by atoms with E-state index in [0.29, 0.717) is 11.6 Å². The number of aromatic nitrogens is 1. The number of hydrogen-bond donors (Lipinski definition) is 1. The molecule has 0 spiro atoms.